The van der Waals surface area contributed by atoms with E-state index in [2.05, 4.69) is 9.79 Å². The fourth-order valence-electron chi connectivity index (χ4n) is 2.05. The smallest absolute Gasteiger partial charge is 0.283 e. The van der Waals surface area contributed by atoms with Crippen LogP contribution in [0.4, 0.5) is 5.69 Å². The third-order valence-electron chi connectivity index (χ3n) is 3.26. The number of nitro benzene ring substituents is 1. The Kier molecular flexibility index (Phi) is 3.73. The summed E-state index contributed by atoms with van der Waals surface area (Å²) in [7, 11) is -3.80. The van der Waals surface area contributed by atoms with Crippen molar-refractivity contribution in [2.75, 3.05) is 0 Å². The third kappa shape index (κ3) is 2.82. The average molecular weight is 348 g/mol. The van der Waals surface area contributed by atoms with Crippen molar-refractivity contribution in [1.29, 1.82) is 0 Å². The zero-order chi connectivity index (χ0) is 17.3. The van der Waals surface area contributed by atoms with E-state index in [0.717, 1.165) is 12.1 Å². The molecule has 1 aromatic heterocycles. The lowest BCUT2D eigenvalue weighted by molar-refractivity contribution is -0.670. The van der Waals surface area contributed by atoms with Gasteiger partial charge in [0, 0.05) is 24.3 Å². The standard InChI is InChI=1S/C14H9N3O6S/c18-14-9-16(15-23-14)10-1-5-12(6-2-10)24(21,22)13-7-3-11(4-8-13)17(19)20/h1-9H/p+1. The van der Waals surface area contributed by atoms with Gasteiger partial charge in [-0.15, -0.1) is 0 Å². The molecule has 0 spiro atoms. The van der Waals surface area contributed by atoms with Crippen LogP contribution in [0.5, 0.6) is 0 Å². The molecule has 0 atom stereocenters. The summed E-state index contributed by atoms with van der Waals surface area (Å²) in [5, 5.41) is 13.0. The normalized spacial score (nSPS) is 11.3. The van der Waals surface area contributed by atoms with Crippen molar-refractivity contribution in [2.45, 2.75) is 9.79 Å². The Morgan fingerprint density at radius 1 is 1.00 bits per heavy atom. The molecule has 0 bridgehead atoms. The SMILES string of the molecule is O=c1c[n+](-c2ccc(S(=O)(=O)c3ccc([N+](=O)[O-])cc3)cc2)[nH]o1. The quantitative estimate of drug-likeness (QED) is 0.425. The Bertz CT molecular complexity index is 1050. The molecule has 0 fully saturated rings. The zero-order valence-electron chi connectivity index (χ0n) is 11.9. The molecule has 0 aliphatic rings. The minimum atomic E-state index is -3.80. The number of hydrogen-bond acceptors (Lipinski definition) is 6. The Hall–Kier alpha value is -3.27. The van der Waals surface area contributed by atoms with E-state index in [0.29, 0.717) is 5.69 Å². The molecule has 0 saturated heterocycles. The molecule has 2 aromatic carbocycles. The highest BCUT2D eigenvalue weighted by molar-refractivity contribution is 7.91. The molecular formula is C14H10N3O6S+. The maximum atomic E-state index is 12.5. The number of rotatable bonds is 4. The van der Waals surface area contributed by atoms with Crippen molar-refractivity contribution in [3.8, 4) is 5.69 Å². The second kappa shape index (κ2) is 5.74. The van der Waals surface area contributed by atoms with Crippen LogP contribution in [0.3, 0.4) is 0 Å². The number of non-ortho nitro benzene ring substituents is 1. The maximum absolute atomic E-state index is 12.5. The lowest BCUT2D eigenvalue weighted by Gasteiger charge is -2.04. The van der Waals surface area contributed by atoms with E-state index in [-0.39, 0.29) is 15.5 Å². The third-order valence-corrected chi connectivity index (χ3v) is 5.05. The van der Waals surface area contributed by atoms with Crippen LogP contribution in [-0.4, -0.2) is 18.6 Å². The summed E-state index contributed by atoms with van der Waals surface area (Å²) in [6, 6.07) is 10.3. The predicted molar refractivity (Wildman–Crippen MR) is 79.4 cm³/mol. The fourth-order valence-corrected chi connectivity index (χ4v) is 3.31. The number of sulfone groups is 1. The van der Waals surface area contributed by atoms with Gasteiger partial charge >= 0.3 is 5.63 Å². The first kappa shape index (κ1) is 15.6. The topological polar surface area (TPSA) is 127 Å². The highest BCUT2D eigenvalue weighted by Crippen LogP contribution is 2.23. The van der Waals surface area contributed by atoms with E-state index >= 15 is 0 Å². The van der Waals surface area contributed by atoms with Gasteiger partial charge in [0.25, 0.3) is 11.9 Å². The first-order chi connectivity index (χ1) is 11.4. The Morgan fingerprint density at radius 3 is 2.00 bits per heavy atom. The van der Waals surface area contributed by atoms with E-state index < -0.39 is 20.4 Å². The number of nitro groups is 1. The van der Waals surface area contributed by atoms with Crippen LogP contribution in [0.1, 0.15) is 0 Å². The van der Waals surface area contributed by atoms with Gasteiger partial charge in [-0.2, -0.15) is 0 Å². The molecule has 10 heteroatoms. The van der Waals surface area contributed by atoms with Crippen LogP contribution < -0.4 is 10.3 Å². The lowest BCUT2D eigenvalue weighted by Crippen LogP contribution is -2.32. The highest BCUT2D eigenvalue weighted by Gasteiger charge is 2.20. The number of aromatic nitrogens is 2. The number of nitrogens with one attached hydrogen (secondary N) is 1. The number of aromatic amines is 1. The molecule has 3 rings (SSSR count). The molecule has 0 aliphatic heterocycles. The Labute approximate surface area is 134 Å². The van der Waals surface area contributed by atoms with Gasteiger partial charge in [0.1, 0.15) is 0 Å². The van der Waals surface area contributed by atoms with Gasteiger partial charge in [-0.1, -0.05) is 0 Å². The van der Waals surface area contributed by atoms with Crippen molar-refractivity contribution < 1.29 is 22.5 Å². The van der Waals surface area contributed by atoms with Gasteiger partial charge in [-0.25, -0.2) is 13.2 Å². The van der Waals surface area contributed by atoms with Crippen LogP contribution in [0.15, 0.2) is 73.8 Å². The Balaban J connectivity index is 1.95. The summed E-state index contributed by atoms with van der Waals surface area (Å²) in [6.45, 7) is 0. The average Bonchev–Trinajstić information content (AvgIpc) is 3.01. The number of nitrogens with zero attached hydrogens (tertiary/aromatic N) is 2. The van der Waals surface area contributed by atoms with Crippen LogP contribution in [0.2, 0.25) is 0 Å². The molecule has 3 aromatic rings. The van der Waals surface area contributed by atoms with Crippen molar-refractivity contribution in [3.05, 3.63) is 75.3 Å². The van der Waals surface area contributed by atoms with E-state index in [1.165, 1.54) is 47.3 Å². The molecule has 0 amide bonds. The number of hydrogen-bond donors (Lipinski definition) is 1. The predicted octanol–water partition coefficient (Wildman–Crippen LogP) is 0.986. The van der Waals surface area contributed by atoms with Crippen molar-refractivity contribution in [1.82, 2.24) is 5.27 Å². The summed E-state index contributed by atoms with van der Waals surface area (Å²) < 4.78 is 30.8. The zero-order valence-corrected chi connectivity index (χ0v) is 12.8. The van der Waals surface area contributed by atoms with E-state index in [9.17, 15) is 23.3 Å². The van der Waals surface area contributed by atoms with Crippen LogP contribution in [0, 0.1) is 10.1 Å². The number of benzene rings is 2. The first-order valence-corrected chi connectivity index (χ1v) is 8.06. The monoisotopic (exact) mass is 348 g/mol. The molecule has 0 aliphatic carbocycles. The molecule has 24 heavy (non-hydrogen) atoms. The molecule has 1 N–H and O–H groups in total. The minimum Gasteiger partial charge on any atom is -0.283 e. The van der Waals surface area contributed by atoms with Crippen molar-refractivity contribution in [3.63, 3.8) is 0 Å². The Morgan fingerprint density at radius 2 is 1.54 bits per heavy atom. The number of H-pyrrole nitrogens is 1. The molecule has 122 valence electrons. The van der Waals surface area contributed by atoms with Crippen LogP contribution >= 0.6 is 0 Å². The maximum Gasteiger partial charge on any atom is 0.427 e. The van der Waals surface area contributed by atoms with Gasteiger partial charge in [-0.05, 0) is 34.2 Å². The minimum absolute atomic E-state index is 0.0199. The van der Waals surface area contributed by atoms with Gasteiger partial charge in [0.15, 0.2) is 0 Å². The molecule has 0 saturated carbocycles. The first-order valence-electron chi connectivity index (χ1n) is 6.58. The van der Waals surface area contributed by atoms with E-state index in [1.54, 1.807) is 0 Å². The molecule has 9 nitrogen and oxygen atoms in total. The summed E-state index contributed by atoms with van der Waals surface area (Å²) in [5.74, 6) is 0. The molecular weight excluding hydrogens is 338 g/mol. The molecule has 0 unspecified atom stereocenters. The van der Waals surface area contributed by atoms with Gasteiger partial charge < -0.3 is 0 Å². The van der Waals surface area contributed by atoms with Crippen LogP contribution in [-0.2, 0) is 9.84 Å². The summed E-state index contributed by atoms with van der Waals surface area (Å²) >= 11 is 0. The summed E-state index contributed by atoms with van der Waals surface area (Å²) in [6.07, 6.45) is 1.17. The fraction of sp³-hybridized carbons (Fsp3) is 0. The van der Waals surface area contributed by atoms with Gasteiger partial charge in [0.2, 0.25) is 15.5 Å². The molecule has 0 radical (unpaired) electrons. The highest BCUT2D eigenvalue weighted by atomic mass is 32.2. The van der Waals surface area contributed by atoms with Crippen LogP contribution in [0.25, 0.3) is 5.69 Å². The van der Waals surface area contributed by atoms with Crippen molar-refractivity contribution >= 4 is 15.5 Å². The second-order valence-corrected chi connectivity index (χ2v) is 6.71. The van der Waals surface area contributed by atoms with Gasteiger partial charge in [-0.3, -0.25) is 14.6 Å². The van der Waals surface area contributed by atoms with Gasteiger partial charge in [0.05, 0.1) is 14.7 Å². The van der Waals surface area contributed by atoms with E-state index in [1.807, 2.05) is 0 Å². The largest absolute Gasteiger partial charge is 0.427 e. The summed E-state index contributed by atoms with van der Waals surface area (Å²) in [4.78, 5) is 21.0. The van der Waals surface area contributed by atoms with E-state index in [4.69, 9.17) is 0 Å². The lowest BCUT2D eigenvalue weighted by atomic mass is 10.3. The molecule has 1 heterocycles. The van der Waals surface area contributed by atoms with Crippen molar-refractivity contribution in [2.24, 2.45) is 0 Å². The summed E-state index contributed by atoms with van der Waals surface area (Å²) in [5.41, 5.74) is -0.259. The second-order valence-electron chi connectivity index (χ2n) is 4.76.